The third-order valence-electron chi connectivity index (χ3n) is 2.80. The van der Waals surface area contributed by atoms with Gasteiger partial charge in [-0.3, -0.25) is 0 Å². The molecule has 2 rings (SSSR count). The van der Waals surface area contributed by atoms with Gasteiger partial charge in [0.1, 0.15) is 5.76 Å². The van der Waals surface area contributed by atoms with Gasteiger partial charge >= 0.3 is 0 Å². The molecule has 2 aromatic rings. The van der Waals surface area contributed by atoms with Crippen LogP contribution in [0.5, 0.6) is 0 Å². The summed E-state index contributed by atoms with van der Waals surface area (Å²) in [5.74, 6) is 0.882. The topological polar surface area (TPSA) is 25.2 Å². The normalized spacial score (nSPS) is 12.6. The molecule has 0 radical (unpaired) electrons. The van der Waals surface area contributed by atoms with E-state index in [1.165, 1.54) is 5.56 Å². The van der Waals surface area contributed by atoms with Crippen LogP contribution in [0, 0.1) is 0 Å². The van der Waals surface area contributed by atoms with Gasteiger partial charge in [0.05, 0.1) is 10.7 Å². The van der Waals surface area contributed by atoms with Crippen molar-refractivity contribution in [2.75, 3.05) is 6.54 Å². The van der Waals surface area contributed by atoms with Gasteiger partial charge in [-0.15, -0.1) is 0 Å². The number of nitrogens with one attached hydrogen (secondary N) is 1. The molecule has 90 valence electrons. The molecule has 0 amide bonds. The number of rotatable bonds is 4. The molecule has 17 heavy (non-hydrogen) atoms. The lowest BCUT2D eigenvalue weighted by atomic mass is 10.1. The van der Waals surface area contributed by atoms with Gasteiger partial charge in [0.2, 0.25) is 0 Å². The number of furan rings is 1. The van der Waals surface area contributed by atoms with Crippen LogP contribution >= 0.6 is 15.9 Å². The van der Waals surface area contributed by atoms with Crippen molar-refractivity contribution >= 4 is 15.9 Å². The molecule has 1 N–H and O–H groups in total. The first-order chi connectivity index (χ1) is 8.22. The zero-order chi connectivity index (χ0) is 12.3. The van der Waals surface area contributed by atoms with E-state index in [4.69, 9.17) is 4.42 Å². The Bertz CT molecular complexity index is 475. The molecule has 0 aliphatic carbocycles. The van der Waals surface area contributed by atoms with Gasteiger partial charge in [-0.1, -0.05) is 31.2 Å². The van der Waals surface area contributed by atoms with E-state index in [-0.39, 0.29) is 0 Å². The Morgan fingerprint density at radius 1 is 1.24 bits per heavy atom. The predicted octanol–water partition coefficient (Wildman–Crippen LogP) is 4.38. The summed E-state index contributed by atoms with van der Waals surface area (Å²) in [6, 6.07) is 10.7. The second kappa shape index (κ2) is 5.52. The lowest BCUT2D eigenvalue weighted by Gasteiger charge is -2.12. The summed E-state index contributed by atoms with van der Waals surface area (Å²) in [5.41, 5.74) is 2.38. The molecule has 0 aliphatic heterocycles. The lowest BCUT2D eigenvalue weighted by Crippen LogP contribution is -2.17. The van der Waals surface area contributed by atoms with Crippen LogP contribution in [-0.4, -0.2) is 6.54 Å². The average Bonchev–Trinajstić information content (AvgIpc) is 2.76. The summed E-state index contributed by atoms with van der Waals surface area (Å²) in [5, 5.41) is 3.39. The first kappa shape index (κ1) is 12.4. The fraction of sp³-hybridized carbons (Fsp3) is 0.286. The van der Waals surface area contributed by atoms with Gasteiger partial charge < -0.3 is 9.73 Å². The van der Waals surface area contributed by atoms with Gasteiger partial charge in [-0.2, -0.15) is 0 Å². The van der Waals surface area contributed by atoms with Gasteiger partial charge in [0, 0.05) is 11.6 Å². The fourth-order valence-electron chi connectivity index (χ4n) is 1.85. The SMILES string of the molecule is CCNC(C)c1ccc(-c2occc2Br)cc1. The predicted molar refractivity (Wildman–Crippen MR) is 73.9 cm³/mol. The van der Waals surface area contributed by atoms with Gasteiger partial charge in [0.25, 0.3) is 0 Å². The third kappa shape index (κ3) is 2.79. The maximum absolute atomic E-state index is 5.44. The Morgan fingerprint density at radius 3 is 2.47 bits per heavy atom. The minimum Gasteiger partial charge on any atom is -0.463 e. The molecule has 1 heterocycles. The van der Waals surface area contributed by atoms with E-state index in [0.29, 0.717) is 6.04 Å². The van der Waals surface area contributed by atoms with Crippen molar-refractivity contribution in [1.82, 2.24) is 5.32 Å². The highest BCUT2D eigenvalue weighted by atomic mass is 79.9. The fourth-order valence-corrected chi connectivity index (χ4v) is 2.28. The highest BCUT2D eigenvalue weighted by Gasteiger charge is 2.08. The van der Waals surface area contributed by atoms with Gasteiger partial charge in [-0.25, -0.2) is 0 Å². The monoisotopic (exact) mass is 293 g/mol. The third-order valence-corrected chi connectivity index (χ3v) is 3.42. The summed E-state index contributed by atoms with van der Waals surface area (Å²) in [6.07, 6.45) is 1.69. The molecule has 0 fully saturated rings. The Hall–Kier alpha value is -1.06. The second-order valence-corrected chi connectivity index (χ2v) is 4.85. The first-order valence-electron chi connectivity index (χ1n) is 5.79. The minimum absolute atomic E-state index is 0.383. The Morgan fingerprint density at radius 2 is 1.94 bits per heavy atom. The summed E-state index contributed by atoms with van der Waals surface area (Å²) in [4.78, 5) is 0. The standard InChI is InChI=1S/C14H16BrNO/c1-3-16-10(2)11-4-6-12(7-5-11)14-13(15)8-9-17-14/h4-10,16H,3H2,1-2H3. The number of hydrogen-bond donors (Lipinski definition) is 1. The van der Waals surface area contributed by atoms with E-state index in [9.17, 15) is 0 Å². The van der Waals surface area contributed by atoms with E-state index in [1.807, 2.05) is 6.07 Å². The number of halogens is 1. The zero-order valence-electron chi connectivity index (χ0n) is 10.0. The van der Waals surface area contributed by atoms with Crippen LogP contribution < -0.4 is 5.32 Å². The molecule has 1 aromatic carbocycles. The van der Waals surface area contributed by atoms with Crippen molar-refractivity contribution in [3.63, 3.8) is 0 Å². The zero-order valence-corrected chi connectivity index (χ0v) is 11.6. The second-order valence-electron chi connectivity index (χ2n) is 4.00. The number of benzene rings is 1. The first-order valence-corrected chi connectivity index (χ1v) is 6.58. The molecule has 2 nitrogen and oxygen atoms in total. The molecule has 1 aromatic heterocycles. The molecule has 1 unspecified atom stereocenters. The van der Waals surface area contributed by atoms with E-state index < -0.39 is 0 Å². The summed E-state index contributed by atoms with van der Waals surface area (Å²) in [6.45, 7) is 5.26. The minimum atomic E-state index is 0.383. The van der Waals surface area contributed by atoms with Gasteiger partial charge in [0.15, 0.2) is 0 Å². The van der Waals surface area contributed by atoms with Gasteiger partial charge in [-0.05, 0) is 41.0 Å². The Kier molecular flexibility index (Phi) is 4.02. The van der Waals surface area contributed by atoms with Crippen LogP contribution in [0.2, 0.25) is 0 Å². The van der Waals surface area contributed by atoms with E-state index in [0.717, 1.165) is 22.3 Å². The molecule has 0 aliphatic rings. The maximum Gasteiger partial charge on any atom is 0.148 e. The molecule has 3 heteroatoms. The molecule has 0 spiro atoms. The van der Waals surface area contributed by atoms with Crippen LogP contribution in [0.25, 0.3) is 11.3 Å². The molecular formula is C14H16BrNO. The van der Waals surface area contributed by atoms with E-state index in [1.54, 1.807) is 6.26 Å². The van der Waals surface area contributed by atoms with Crippen LogP contribution in [0.4, 0.5) is 0 Å². The quantitative estimate of drug-likeness (QED) is 0.905. The highest BCUT2D eigenvalue weighted by molar-refractivity contribution is 9.10. The van der Waals surface area contributed by atoms with Crippen LogP contribution in [0.3, 0.4) is 0 Å². The van der Waals surface area contributed by atoms with Crippen molar-refractivity contribution < 1.29 is 4.42 Å². The number of hydrogen-bond acceptors (Lipinski definition) is 2. The maximum atomic E-state index is 5.44. The van der Waals surface area contributed by atoms with Crippen LogP contribution in [-0.2, 0) is 0 Å². The average molecular weight is 294 g/mol. The molecule has 0 bridgehead atoms. The largest absolute Gasteiger partial charge is 0.463 e. The molecule has 1 atom stereocenters. The molecular weight excluding hydrogens is 278 g/mol. The molecule has 0 saturated heterocycles. The Balaban J connectivity index is 2.21. The Labute approximate surface area is 110 Å². The van der Waals surface area contributed by atoms with Crippen LogP contribution in [0.1, 0.15) is 25.5 Å². The van der Waals surface area contributed by atoms with Crippen molar-refractivity contribution in [1.29, 1.82) is 0 Å². The van der Waals surface area contributed by atoms with E-state index >= 15 is 0 Å². The van der Waals surface area contributed by atoms with Crippen LogP contribution in [0.15, 0.2) is 45.5 Å². The van der Waals surface area contributed by atoms with E-state index in [2.05, 4.69) is 59.4 Å². The van der Waals surface area contributed by atoms with Crippen molar-refractivity contribution in [2.45, 2.75) is 19.9 Å². The van der Waals surface area contributed by atoms with Crippen molar-refractivity contribution in [2.24, 2.45) is 0 Å². The lowest BCUT2D eigenvalue weighted by molar-refractivity contribution is 0.580. The summed E-state index contributed by atoms with van der Waals surface area (Å²) in [7, 11) is 0. The summed E-state index contributed by atoms with van der Waals surface area (Å²) >= 11 is 3.47. The van der Waals surface area contributed by atoms with Crippen molar-refractivity contribution in [3.05, 3.63) is 46.6 Å². The van der Waals surface area contributed by atoms with Crippen molar-refractivity contribution in [3.8, 4) is 11.3 Å². The summed E-state index contributed by atoms with van der Waals surface area (Å²) < 4.78 is 6.43. The highest BCUT2D eigenvalue weighted by Crippen LogP contribution is 2.29. The molecule has 0 saturated carbocycles. The smallest absolute Gasteiger partial charge is 0.148 e.